The van der Waals surface area contributed by atoms with Crippen molar-refractivity contribution in [3.8, 4) is 0 Å². The van der Waals surface area contributed by atoms with Crippen molar-refractivity contribution in [1.29, 1.82) is 0 Å². The maximum Gasteiger partial charge on any atom is 0.317 e. The maximum absolute atomic E-state index is 12.1. The fourth-order valence-corrected chi connectivity index (χ4v) is 2.93. The summed E-state index contributed by atoms with van der Waals surface area (Å²) < 4.78 is 2.12. The zero-order valence-corrected chi connectivity index (χ0v) is 13.5. The van der Waals surface area contributed by atoms with Crippen LogP contribution in [0.1, 0.15) is 25.3 Å². The molecule has 0 spiro atoms. The minimum atomic E-state index is 0.0208. The second-order valence-electron chi connectivity index (χ2n) is 6.16. The van der Waals surface area contributed by atoms with Gasteiger partial charge in [-0.3, -0.25) is 0 Å². The number of amides is 2. The number of nitrogens with zero attached hydrogens (tertiary/aromatic N) is 3. The van der Waals surface area contributed by atoms with Gasteiger partial charge in [-0.2, -0.15) is 0 Å². The first-order valence-electron chi connectivity index (χ1n) is 7.90. The molecule has 1 N–H and O–H groups in total. The number of nitrogens with one attached hydrogen (secondary N) is 1. The van der Waals surface area contributed by atoms with Gasteiger partial charge in [0.05, 0.1) is 0 Å². The third kappa shape index (κ3) is 4.77. The number of piperidine rings is 1. The highest BCUT2D eigenvalue weighted by Gasteiger charge is 2.18. The van der Waals surface area contributed by atoms with Crippen molar-refractivity contribution in [2.45, 2.75) is 32.9 Å². The van der Waals surface area contributed by atoms with Gasteiger partial charge < -0.3 is 19.7 Å². The zero-order chi connectivity index (χ0) is 15.2. The molecule has 0 radical (unpaired) electrons. The molecule has 21 heavy (non-hydrogen) atoms. The van der Waals surface area contributed by atoms with E-state index in [0.29, 0.717) is 12.5 Å². The monoisotopic (exact) mass is 292 g/mol. The third-order valence-electron chi connectivity index (χ3n) is 4.21. The predicted octanol–water partition coefficient (Wildman–Crippen LogP) is 1.99. The number of likely N-dealkylation sites (tertiary alicyclic amines) is 1. The molecule has 2 amide bonds. The van der Waals surface area contributed by atoms with Gasteiger partial charge in [-0.25, -0.2) is 4.79 Å². The summed E-state index contributed by atoms with van der Waals surface area (Å²) in [4.78, 5) is 16.2. The summed E-state index contributed by atoms with van der Waals surface area (Å²) >= 11 is 0. The summed E-state index contributed by atoms with van der Waals surface area (Å²) in [6.45, 7) is 6.78. The van der Waals surface area contributed by atoms with E-state index in [-0.39, 0.29) is 6.03 Å². The summed E-state index contributed by atoms with van der Waals surface area (Å²) in [5, 5.41) is 3.07. The van der Waals surface area contributed by atoms with Crippen LogP contribution in [0.25, 0.3) is 0 Å². The molecule has 2 heterocycles. The average Bonchev–Trinajstić information content (AvgIpc) is 2.92. The van der Waals surface area contributed by atoms with Crippen LogP contribution in [0.4, 0.5) is 4.79 Å². The van der Waals surface area contributed by atoms with Crippen LogP contribution < -0.4 is 5.32 Å². The topological polar surface area (TPSA) is 40.5 Å². The second-order valence-corrected chi connectivity index (χ2v) is 6.16. The average molecular weight is 292 g/mol. The largest absolute Gasteiger partial charge is 0.354 e. The van der Waals surface area contributed by atoms with E-state index in [0.717, 1.165) is 19.6 Å². The first-order chi connectivity index (χ1) is 10.1. The summed E-state index contributed by atoms with van der Waals surface area (Å²) in [7, 11) is 4.00. The molecule has 0 aliphatic carbocycles. The summed E-state index contributed by atoms with van der Waals surface area (Å²) in [6, 6.07) is 2.09. The Morgan fingerprint density at radius 2 is 2.33 bits per heavy atom. The zero-order valence-electron chi connectivity index (χ0n) is 13.5. The van der Waals surface area contributed by atoms with Crippen LogP contribution in [0, 0.1) is 5.92 Å². The standard InChI is InChI=1S/C16H28N4O/c1-4-20-9-7-15(13-20)12-19(3)16(21)17-10-14-6-5-8-18(2)11-14/h7,9,13-14H,4-6,8,10-12H2,1-3H3,(H,17,21)/t14-/m0/s1. The van der Waals surface area contributed by atoms with Crippen molar-refractivity contribution >= 4 is 6.03 Å². The molecule has 0 saturated carbocycles. The van der Waals surface area contributed by atoms with Crippen molar-refractivity contribution in [3.05, 3.63) is 24.0 Å². The number of rotatable bonds is 5. The van der Waals surface area contributed by atoms with Crippen LogP contribution in [0.15, 0.2) is 18.5 Å². The van der Waals surface area contributed by atoms with Gasteiger partial charge >= 0.3 is 6.03 Å². The Kier molecular flexibility index (Phi) is 5.67. The lowest BCUT2D eigenvalue weighted by Gasteiger charge is -2.30. The first kappa shape index (κ1) is 15.9. The molecular formula is C16H28N4O. The lowest BCUT2D eigenvalue weighted by molar-refractivity contribution is 0.188. The fourth-order valence-electron chi connectivity index (χ4n) is 2.93. The number of aromatic nitrogens is 1. The lowest BCUT2D eigenvalue weighted by atomic mass is 9.99. The SMILES string of the molecule is CCn1ccc(CN(C)C(=O)NC[C@@H]2CCCN(C)C2)c1. The quantitative estimate of drug-likeness (QED) is 0.901. The highest BCUT2D eigenvalue weighted by Crippen LogP contribution is 2.14. The van der Waals surface area contributed by atoms with Gasteiger partial charge in [-0.15, -0.1) is 0 Å². The van der Waals surface area contributed by atoms with Crippen LogP contribution in [0.5, 0.6) is 0 Å². The van der Waals surface area contributed by atoms with Crippen molar-refractivity contribution in [2.24, 2.45) is 5.92 Å². The highest BCUT2D eigenvalue weighted by molar-refractivity contribution is 5.73. The van der Waals surface area contributed by atoms with Gasteiger partial charge in [0.25, 0.3) is 0 Å². The molecule has 1 aliphatic rings. The van der Waals surface area contributed by atoms with E-state index < -0.39 is 0 Å². The Labute approximate surface area is 127 Å². The minimum Gasteiger partial charge on any atom is -0.354 e. The lowest BCUT2D eigenvalue weighted by Crippen LogP contribution is -2.43. The summed E-state index contributed by atoms with van der Waals surface area (Å²) in [5.41, 5.74) is 1.17. The van der Waals surface area contributed by atoms with Gasteiger partial charge in [-0.05, 0) is 50.9 Å². The maximum atomic E-state index is 12.1. The molecule has 0 aromatic carbocycles. The van der Waals surface area contributed by atoms with Crippen molar-refractivity contribution in [2.75, 3.05) is 33.7 Å². The molecule has 1 aliphatic heterocycles. The minimum absolute atomic E-state index is 0.0208. The van der Waals surface area contributed by atoms with Crippen LogP contribution >= 0.6 is 0 Å². The van der Waals surface area contributed by atoms with Gasteiger partial charge in [0.2, 0.25) is 0 Å². The van der Waals surface area contributed by atoms with Gasteiger partial charge in [0.15, 0.2) is 0 Å². The number of carbonyl (C=O) groups excluding carboxylic acids is 1. The molecule has 0 bridgehead atoms. The fraction of sp³-hybridized carbons (Fsp3) is 0.688. The second kappa shape index (κ2) is 7.50. The smallest absolute Gasteiger partial charge is 0.317 e. The number of hydrogen-bond acceptors (Lipinski definition) is 2. The van der Waals surface area contributed by atoms with E-state index in [1.54, 1.807) is 4.90 Å². The van der Waals surface area contributed by atoms with Crippen molar-refractivity contribution in [1.82, 2.24) is 19.7 Å². The third-order valence-corrected chi connectivity index (χ3v) is 4.21. The van der Waals surface area contributed by atoms with Gasteiger partial charge in [-0.1, -0.05) is 0 Å². The molecule has 1 aromatic heterocycles. The van der Waals surface area contributed by atoms with Crippen LogP contribution in [-0.2, 0) is 13.1 Å². The molecule has 5 heteroatoms. The van der Waals surface area contributed by atoms with Crippen LogP contribution in [-0.4, -0.2) is 54.1 Å². The van der Waals surface area contributed by atoms with Crippen molar-refractivity contribution in [3.63, 3.8) is 0 Å². The molecule has 118 valence electrons. The van der Waals surface area contributed by atoms with Gasteiger partial charge in [0, 0.05) is 45.6 Å². The molecule has 5 nitrogen and oxygen atoms in total. The number of carbonyl (C=O) groups is 1. The van der Waals surface area contributed by atoms with E-state index in [4.69, 9.17) is 0 Å². The predicted molar refractivity (Wildman–Crippen MR) is 85.2 cm³/mol. The first-order valence-corrected chi connectivity index (χ1v) is 7.90. The number of hydrogen-bond donors (Lipinski definition) is 1. The molecule has 1 aromatic rings. The normalized spacial score (nSPS) is 19.5. The van der Waals surface area contributed by atoms with Crippen molar-refractivity contribution < 1.29 is 4.79 Å². The van der Waals surface area contributed by atoms with E-state index in [1.807, 2.05) is 7.05 Å². The summed E-state index contributed by atoms with van der Waals surface area (Å²) in [6.07, 6.45) is 6.60. The molecule has 1 fully saturated rings. The van der Waals surface area contributed by atoms with E-state index in [1.165, 1.54) is 24.9 Å². The Bertz CT molecular complexity index is 457. The van der Waals surface area contributed by atoms with E-state index in [9.17, 15) is 4.79 Å². The number of aryl methyl sites for hydroxylation is 1. The Morgan fingerprint density at radius 3 is 3.00 bits per heavy atom. The molecule has 1 atom stereocenters. The number of urea groups is 1. The Morgan fingerprint density at radius 1 is 1.52 bits per heavy atom. The molecule has 0 unspecified atom stereocenters. The Hall–Kier alpha value is -1.49. The van der Waals surface area contributed by atoms with E-state index in [2.05, 4.69) is 47.2 Å². The Balaban J connectivity index is 1.74. The summed E-state index contributed by atoms with van der Waals surface area (Å²) in [5.74, 6) is 0.585. The van der Waals surface area contributed by atoms with Gasteiger partial charge in [0.1, 0.15) is 0 Å². The van der Waals surface area contributed by atoms with Crippen LogP contribution in [0.2, 0.25) is 0 Å². The molecule has 2 rings (SSSR count). The highest BCUT2D eigenvalue weighted by atomic mass is 16.2. The van der Waals surface area contributed by atoms with E-state index >= 15 is 0 Å². The molecular weight excluding hydrogens is 264 g/mol. The van der Waals surface area contributed by atoms with Crippen LogP contribution in [0.3, 0.4) is 0 Å². The molecule has 1 saturated heterocycles.